The standard InChI is InChI=1S/C28H16N4/c1-2-6-17(7-3-1)31-23-9-5-4-8-18(23)21-14-22-19-10-12-29-15-24(19)32-25-16-30-13-11-20(25)26(27(21)31)28(22)32/h1-16H. The summed E-state index contributed by atoms with van der Waals surface area (Å²) in [4.78, 5) is 8.91. The van der Waals surface area contributed by atoms with Gasteiger partial charge in [-0.2, -0.15) is 0 Å². The van der Waals surface area contributed by atoms with Crippen LogP contribution in [0.1, 0.15) is 0 Å². The van der Waals surface area contributed by atoms with Gasteiger partial charge < -0.3 is 8.97 Å². The van der Waals surface area contributed by atoms with E-state index < -0.39 is 0 Å². The molecule has 8 aromatic rings. The van der Waals surface area contributed by atoms with Gasteiger partial charge in [-0.1, -0.05) is 36.4 Å². The van der Waals surface area contributed by atoms with Gasteiger partial charge in [-0.3, -0.25) is 9.97 Å². The number of fused-ring (bicyclic) bond motifs is 10. The van der Waals surface area contributed by atoms with Gasteiger partial charge in [0, 0.05) is 50.4 Å². The summed E-state index contributed by atoms with van der Waals surface area (Å²) in [6, 6.07) is 26.0. The van der Waals surface area contributed by atoms with Crippen molar-refractivity contribution in [2.45, 2.75) is 0 Å². The van der Waals surface area contributed by atoms with Crippen molar-refractivity contribution in [2.24, 2.45) is 0 Å². The molecule has 0 spiro atoms. The van der Waals surface area contributed by atoms with Crippen LogP contribution in [0.15, 0.2) is 97.6 Å². The minimum absolute atomic E-state index is 1.12. The second kappa shape index (κ2) is 5.62. The van der Waals surface area contributed by atoms with E-state index in [2.05, 4.69) is 91.7 Å². The molecule has 148 valence electrons. The van der Waals surface area contributed by atoms with Crippen molar-refractivity contribution >= 4 is 59.9 Å². The molecule has 32 heavy (non-hydrogen) atoms. The van der Waals surface area contributed by atoms with Crippen LogP contribution >= 0.6 is 0 Å². The van der Waals surface area contributed by atoms with Crippen LogP contribution in [-0.4, -0.2) is 18.9 Å². The lowest BCUT2D eigenvalue weighted by Gasteiger charge is -2.09. The normalized spacial score (nSPS) is 12.4. The second-order valence-corrected chi connectivity index (χ2v) is 8.35. The van der Waals surface area contributed by atoms with Crippen LogP contribution in [0.25, 0.3) is 65.6 Å². The van der Waals surface area contributed by atoms with Crippen LogP contribution in [0.5, 0.6) is 0 Å². The van der Waals surface area contributed by atoms with Gasteiger partial charge >= 0.3 is 0 Å². The van der Waals surface area contributed by atoms with E-state index in [1.54, 1.807) is 0 Å². The highest BCUT2D eigenvalue weighted by molar-refractivity contribution is 6.34. The third-order valence-electron chi connectivity index (χ3n) is 6.81. The molecule has 0 radical (unpaired) electrons. The molecular weight excluding hydrogens is 392 g/mol. The molecule has 0 N–H and O–H groups in total. The molecule has 0 bridgehead atoms. The van der Waals surface area contributed by atoms with E-state index in [1.165, 1.54) is 54.6 Å². The highest BCUT2D eigenvalue weighted by atomic mass is 15.0. The number of nitrogens with zero attached hydrogens (tertiary/aromatic N) is 4. The fourth-order valence-corrected chi connectivity index (χ4v) is 5.59. The van der Waals surface area contributed by atoms with Crippen molar-refractivity contribution in [3.05, 3.63) is 97.6 Å². The first-order chi connectivity index (χ1) is 15.9. The van der Waals surface area contributed by atoms with Gasteiger partial charge in [0.25, 0.3) is 0 Å². The summed E-state index contributed by atoms with van der Waals surface area (Å²) in [6.07, 6.45) is 7.72. The van der Waals surface area contributed by atoms with Crippen molar-refractivity contribution in [1.29, 1.82) is 0 Å². The van der Waals surface area contributed by atoms with Crippen LogP contribution in [-0.2, 0) is 0 Å². The molecule has 0 saturated heterocycles. The van der Waals surface area contributed by atoms with Crippen LogP contribution < -0.4 is 0 Å². The van der Waals surface area contributed by atoms with Gasteiger partial charge in [-0.25, -0.2) is 0 Å². The van der Waals surface area contributed by atoms with Gasteiger partial charge in [0.05, 0.1) is 40.0 Å². The third-order valence-corrected chi connectivity index (χ3v) is 6.81. The summed E-state index contributed by atoms with van der Waals surface area (Å²) in [5, 5.41) is 7.51. The first kappa shape index (κ1) is 16.3. The summed E-state index contributed by atoms with van der Waals surface area (Å²) < 4.78 is 4.75. The van der Waals surface area contributed by atoms with Crippen molar-refractivity contribution < 1.29 is 0 Å². The van der Waals surface area contributed by atoms with Gasteiger partial charge in [-0.15, -0.1) is 0 Å². The minimum Gasteiger partial charge on any atom is -0.309 e. The fraction of sp³-hybridized carbons (Fsp3) is 0. The first-order valence-corrected chi connectivity index (χ1v) is 10.8. The van der Waals surface area contributed by atoms with Gasteiger partial charge in [0.2, 0.25) is 0 Å². The van der Waals surface area contributed by atoms with Crippen molar-refractivity contribution in [2.75, 3.05) is 0 Å². The number of hydrogen-bond donors (Lipinski definition) is 0. The van der Waals surface area contributed by atoms with E-state index >= 15 is 0 Å². The average molecular weight is 408 g/mol. The zero-order valence-corrected chi connectivity index (χ0v) is 17.0. The smallest absolute Gasteiger partial charge is 0.0726 e. The van der Waals surface area contributed by atoms with Gasteiger partial charge in [0.15, 0.2) is 0 Å². The van der Waals surface area contributed by atoms with E-state index in [-0.39, 0.29) is 0 Å². The largest absolute Gasteiger partial charge is 0.309 e. The molecule has 4 heteroatoms. The lowest BCUT2D eigenvalue weighted by Crippen LogP contribution is -1.93. The summed E-state index contributed by atoms with van der Waals surface area (Å²) in [7, 11) is 0. The highest BCUT2D eigenvalue weighted by Crippen LogP contribution is 2.45. The Bertz CT molecular complexity index is 1980. The molecule has 5 aromatic heterocycles. The fourth-order valence-electron chi connectivity index (χ4n) is 5.59. The van der Waals surface area contributed by atoms with Crippen molar-refractivity contribution in [3.8, 4) is 5.69 Å². The van der Waals surface area contributed by atoms with Crippen LogP contribution in [0.3, 0.4) is 0 Å². The predicted molar refractivity (Wildman–Crippen MR) is 131 cm³/mol. The van der Waals surface area contributed by atoms with Crippen LogP contribution in [0.4, 0.5) is 0 Å². The summed E-state index contributed by atoms with van der Waals surface area (Å²) in [5.41, 5.74) is 7.11. The van der Waals surface area contributed by atoms with Gasteiger partial charge in [0.1, 0.15) is 0 Å². The maximum atomic E-state index is 4.47. The highest BCUT2D eigenvalue weighted by Gasteiger charge is 2.24. The zero-order chi connectivity index (χ0) is 20.8. The third kappa shape index (κ3) is 1.80. The van der Waals surface area contributed by atoms with E-state index in [0.29, 0.717) is 0 Å². The van der Waals surface area contributed by atoms with Crippen molar-refractivity contribution in [3.63, 3.8) is 0 Å². The summed E-state index contributed by atoms with van der Waals surface area (Å²) >= 11 is 0. The van der Waals surface area contributed by atoms with E-state index in [9.17, 15) is 0 Å². The Hall–Kier alpha value is -4.44. The molecule has 3 aromatic carbocycles. The molecule has 0 aliphatic rings. The Labute approximate surface area is 182 Å². The number of rotatable bonds is 1. The van der Waals surface area contributed by atoms with E-state index in [1.807, 2.05) is 24.8 Å². The number of benzene rings is 3. The summed E-state index contributed by atoms with van der Waals surface area (Å²) in [6.45, 7) is 0. The van der Waals surface area contributed by atoms with Crippen molar-refractivity contribution in [1.82, 2.24) is 18.9 Å². The molecular formula is C28H16N4. The molecule has 0 unspecified atom stereocenters. The number of pyridine rings is 2. The average Bonchev–Trinajstić information content (AvgIpc) is 3.49. The Kier molecular flexibility index (Phi) is 2.86. The Morgan fingerprint density at radius 1 is 0.531 bits per heavy atom. The first-order valence-electron chi connectivity index (χ1n) is 10.8. The molecule has 0 amide bonds. The number of para-hydroxylation sites is 2. The summed E-state index contributed by atoms with van der Waals surface area (Å²) in [5.74, 6) is 0. The molecule has 4 nitrogen and oxygen atoms in total. The molecule has 0 aliphatic carbocycles. The van der Waals surface area contributed by atoms with Crippen LogP contribution in [0, 0.1) is 0 Å². The molecule has 8 rings (SSSR count). The maximum Gasteiger partial charge on any atom is 0.0726 e. The quantitative estimate of drug-likeness (QED) is 0.302. The molecule has 0 atom stereocenters. The lowest BCUT2D eigenvalue weighted by molar-refractivity contribution is 1.19. The molecule has 0 aliphatic heterocycles. The van der Waals surface area contributed by atoms with Crippen LogP contribution in [0.2, 0.25) is 0 Å². The second-order valence-electron chi connectivity index (χ2n) is 8.35. The minimum atomic E-state index is 1.12. The Morgan fingerprint density at radius 2 is 1.19 bits per heavy atom. The number of aromatic nitrogens is 4. The number of hydrogen-bond acceptors (Lipinski definition) is 2. The Morgan fingerprint density at radius 3 is 2.03 bits per heavy atom. The lowest BCUT2D eigenvalue weighted by atomic mass is 10.0. The Balaban J connectivity index is 1.79. The zero-order valence-electron chi connectivity index (χ0n) is 17.0. The van der Waals surface area contributed by atoms with E-state index in [4.69, 9.17) is 0 Å². The SMILES string of the molecule is c1ccc(-n2c3ccccc3c3cc4c5ccncc5n5c6cnccc6c(c32)c45)cc1. The predicted octanol–water partition coefficient (Wildman–Crippen LogP) is 6.72. The maximum absolute atomic E-state index is 4.47. The van der Waals surface area contributed by atoms with E-state index in [0.717, 1.165) is 11.0 Å². The molecule has 0 saturated carbocycles. The molecule has 0 fully saturated rings. The van der Waals surface area contributed by atoms with Gasteiger partial charge in [-0.05, 0) is 36.4 Å². The topological polar surface area (TPSA) is 35.1 Å². The molecule has 5 heterocycles. The monoisotopic (exact) mass is 408 g/mol.